The molecule has 0 bridgehead atoms. The highest BCUT2D eigenvalue weighted by atomic mass is 16.8. The largest absolute Gasteiger partial charge is 0.411 e. The van der Waals surface area contributed by atoms with E-state index in [9.17, 15) is 81.7 Å². The van der Waals surface area contributed by atoms with E-state index in [-0.39, 0.29) is 25.2 Å². The summed E-state index contributed by atoms with van der Waals surface area (Å²) in [4.78, 5) is 0. The maximum absolute atomic E-state index is 12.8. The summed E-state index contributed by atoms with van der Waals surface area (Å²) in [6.45, 7) is 8.65. The van der Waals surface area contributed by atoms with Gasteiger partial charge in [-0.1, -0.05) is 34.6 Å². The summed E-state index contributed by atoms with van der Waals surface area (Å²) in [6, 6.07) is 0. The van der Waals surface area contributed by atoms with Crippen LogP contribution in [0.5, 0.6) is 0 Å². The number of hydrogen-bond acceptors (Lipinski definition) is 25. The molecule has 0 aromatic carbocycles. The minimum Gasteiger partial charge on any atom is -0.411 e. The van der Waals surface area contributed by atoms with Crippen molar-refractivity contribution < 1.29 is 124 Å². The summed E-state index contributed by atoms with van der Waals surface area (Å²) in [5.41, 5.74) is -3.28. The zero-order chi connectivity index (χ0) is 58.1. The lowest BCUT2D eigenvalue weighted by atomic mass is 9.34. The molecule has 8 fully saturated rings. The van der Waals surface area contributed by atoms with Gasteiger partial charge >= 0.3 is 0 Å². The highest BCUT2D eigenvalue weighted by molar-refractivity contribution is 5.33. The van der Waals surface area contributed by atoms with Crippen LogP contribution in [0.2, 0.25) is 0 Å². The first kappa shape index (κ1) is 62.6. The van der Waals surface area contributed by atoms with Gasteiger partial charge in [0.05, 0.1) is 44.7 Å². The second-order valence-electron chi connectivity index (χ2n) is 24.5. The van der Waals surface area contributed by atoms with E-state index in [4.69, 9.17) is 49.1 Å². The molecule has 4 aliphatic heterocycles. The summed E-state index contributed by atoms with van der Waals surface area (Å²) in [5.74, 6) is 5.26. The zero-order valence-corrected chi connectivity index (χ0v) is 45.1. The van der Waals surface area contributed by atoms with Crippen molar-refractivity contribution in [3.63, 3.8) is 0 Å². The minimum absolute atomic E-state index is 0.208. The Morgan fingerprint density at radius 3 is 1.70 bits per heavy atom. The van der Waals surface area contributed by atoms with Crippen LogP contribution in [0.4, 0.5) is 0 Å². The molecule has 0 amide bonds. The molecule has 0 unspecified atom stereocenters. The molecule has 4 saturated heterocycles. The Bertz CT molecular complexity index is 2260. The molecule has 8 rings (SSSR count). The lowest BCUT2D eigenvalue weighted by Gasteiger charge is -2.72. The highest BCUT2D eigenvalue weighted by Gasteiger charge is 2.74. The molecule has 25 heteroatoms. The van der Waals surface area contributed by atoms with E-state index in [1.807, 2.05) is 20.8 Å². The van der Waals surface area contributed by atoms with Gasteiger partial charge in [-0.25, -0.2) is 0 Å². The van der Waals surface area contributed by atoms with Gasteiger partial charge in [0.1, 0.15) is 104 Å². The molecule has 79 heavy (non-hydrogen) atoms. The molecule has 16 N–H and O–H groups in total. The lowest BCUT2D eigenvalue weighted by molar-refractivity contribution is -0.386. The Morgan fingerprint density at radius 1 is 0.570 bits per heavy atom. The Kier molecular flexibility index (Phi) is 18.9. The standard InChI is InChI=1S/C54H82O25/c1-8-9-10-11-16-72-54(7,79-48-43(70)39(66)36(63)29(77-48)22-71-46-41(68)37(64)33(60)26(19-55)74-46)23-12-15-52(5)32(23)24(58)17-30-51(4)14-13-31(59)50(2,3)45(51)25(18-53(30,52)6)73-49-44(40(67)35(62)28(21-57)76-49)78-47-42(69)38(65)34(61)27(20-56)75-47/h1,23-49,55-70H,12-15,17-22H2,2-7H3/t23-,24+,25+,26+,27+,28+,29+,30+,31+,32-,33+,34+,35+,36+,37-,38-,39-,40-,41+,42+,43+,44+,45+,46+,47-,48-,49+,51+,52+,53+,54+/m0/s1. The van der Waals surface area contributed by atoms with Crippen molar-refractivity contribution in [3.8, 4) is 36.2 Å². The maximum Gasteiger partial charge on any atom is 0.223 e. The summed E-state index contributed by atoms with van der Waals surface area (Å²) >= 11 is 0. The molecule has 25 nitrogen and oxygen atoms in total. The topological polar surface area (TPSA) is 407 Å². The van der Waals surface area contributed by atoms with E-state index < -0.39 is 213 Å². The first-order valence-electron chi connectivity index (χ1n) is 27.1. The Morgan fingerprint density at radius 2 is 1.10 bits per heavy atom. The van der Waals surface area contributed by atoms with Gasteiger partial charge in [-0.2, -0.15) is 0 Å². The normalized spacial score (nSPS) is 52.1. The molecule has 8 aliphatic rings. The van der Waals surface area contributed by atoms with Crippen LogP contribution >= 0.6 is 0 Å². The Labute approximate surface area is 458 Å². The second kappa shape index (κ2) is 23.9. The highest BCUT2D eigenvalue weighted by Crippen LogP contribution is 2.76. The maximum atomic E-state index is 12.8. The SMILES string of the molecule is C#CC#CC#CO[C@](C)(O[C@@H]1O[C@H](CO[C@@H]2O[C@H](CO)[C@@H](O)[C@H](O)[C@H]2O)[C@@H](O)[C@H](O)[C@H]1O)[C@H]1CC[C@]2(C)[C@@H]1[C@H](O)C[C@@H]1[C@@]3(C)CC[C@@H](O)C(C)(C)[C@H]3[C@H](O[C@@H]3O[C@H](CO)[C@@H](O)[C@H](O)[C@H]3O[C@@H]3O[C@H](CO)[C@@H](O)[C@H](O)[C@H]3O)C[C@]12C. The molecule has 4 aliphatic carbocycles. The molecule has 4 heterocycles. The van der Waals surface area contributed by atoms with Gasteiger partial charge in [0.15, 0.2) is 25.2 Å². The third-order valence-corrected chi connectivity index (χ3v) is 20.0. The molecule has 4 saturated carbocycles. The molecule has 0 radical (unpaired) electrons. The average Bonchev–Trinajstić information content (AvgIpc) is 3.91. The van der Waals surface area contributed by atoms with Crippen LogP contribution < -0.4 is 0 Å². The van der Waals surface area contributed by atoms with Crippen molar-refractivity contribution in [1.82, 2.24) is 0 Å². The number of rotatable bonds is 14. The van der Waals surface area contributed by atoms with Crippen molar-refractivity contribution in [1.29, 1.82) is 0 Å². The average molecular weight is 1130 g/mol. The molecule has 0 spiro atoms. The molecule has 0 aromatic rings. The van der Waals surface area contributed by atoms with E-state index in [1.54, 1.807) is 0 Å². The number of ether oxygens (including phenoxy) is 9. The van der Waals surface area contributed by atoms with Gasteiger partial charge in [0.2, 0.25) is 5.79 Å². The predicted molar refractivity (Wildman–Crippen MR) is 264 cm³/mol. The van der Waals surface area contributed by atoms with Crippen LogP contribution in [0.3, 0.4) is 0 Å². The number of fused-ring (bicyclic) bond motifs is 5. The summed E-state index contributed by atoms with van der Waals surface area (Å²) < 4.78 is 55.1. The fourth-order valence-electron chi connectivity index (χ4n) is 15.6. The Balaban J connectivity index is 1.13. The van der Waals surface area contributed by atoms with E-state index in [0.29, 0.717) is 19.3 Å². The van der Waals surface area contributed by atoms with Crippen LogP contribution in [0.1, 0.15) is 80.1 Å². The first-order valence-corrected chi connectivity index (χ1v) is 27.1. The minimum atomic E-state index is -1.94. The number of aliphatic hydroxyl groups excluding tert-OH is 16. The van der Waals surface area contributed by atoms with Crippen molar-refractivity contribution >= 4 is 0 Å². The zero-order valence-electron chi connectivity index (χ0n) is 45.1. The van der Waals surface area contributed by atoms with E-state index >= 15 is 0 Å². The van der Waals surface area contributed by atoms with Gasteiger partial charge < -0.3 is 124 Å². The summed E-state index contributed by atoms with van der Waals surface area (Å²) in [7, 11) is 0. The van der Waals surface area contributed by atoms with Crippen molar-refractivity contribution in [2.75, 3.05) is 26.4 Å². The third-order valence-electron chi connectivity index (χ3n) is 20.0. The Hall–Kier alpha value is -2.48. The van der Waals surface area contributed by atoms with Crippen LogP contribution in [-0.2, 0) is 42.6 Å². The quantitative estimate of drug-likeness (QED) is 0.0438. The first-order chi connectivity index (χ1) is 37.1. The molecular formula is C54H82O25. The third kappa shape index (κ3) is 10.9. The van der Waals surface area contributed by atoms with Gasteiger partial charge in [0, 0.05) is 24.7 Å². The number of aliphatic hydroxyl groups is 16. The fourth-order valence-corrected chi connectivity index (χ4v) is 15.6. The van der Waals surface area contributed by atoms with Crippen molar-refractivity contribution in [2.24, 2.45) is 45.3 Å². The monoisotopic (exact) mass is 1130 g/mol. The van der Waals surface area contributed by atoms with Gasteiger partial charge in [-0.3, -0.25) is 0 Å². The molecule has 448 valence electrons. The van der Waals surface area contributed by atoms with Gasteiger partial charge in [0.25, 0.3) is 0 Å². The molecule has 0 aromatic heterocycles. The van der Waals surface area contributed by atoms with Crippen LogP contribution in [-0.4, -0.2) is 255 Å². The van der Waals surface area contributed by atoms with Crippen molar-refractivity contribution in [2.45, 2.75) is 227 Å². The fraction of sp³-hybridized carbons (Fsp3) is 0.889. The summed E-state index contributed by atoms with van der Waals surface area (Å²) in [6.07, 6.45) is -27.4. The number of terminal acetylenes is 1. The lowest BCUT2D eigenvalue weighted by Crippen LogP contribution is -2.71. The van der Waals surface area contributed by atoms with Crippen LogP contribution in [0.25, 0.3) is 0 Å². The number of hydrogen-bond donors (Lipinski definition) is 16. The van der Waals surface area contributed by atoms with Gasteiger partial charge in [-0.15, -0.1) is 6.42 Å². The summed E-state index contributed by atoms with van der Waals surface area (Å²) in [5, 5.41) is 175. The van der Waals surface area contributed by atoms with Gasteiger partial charge in [-0.05, 0) is 89.8 Å². The molecular weight excluding hydrogens is 1050 g/mol. The molecule has 31 atom stereocenters. The van der Waals surface area contributed by atoms with Crippen LogP contribution in [0, 0.1) is 81.5 Å². The van der Waals surface area contributed by atoms with E-state index in [2.05, 4.69) is 43.6 Å². The van der Waals surface area contributed by atoms with Crippen molar-refractivity contribution in [3.05, 3.63) is 0 Å². The van der Waals surface area contributed by atoms with Crippen LogP contribution in [0.15, 0.2) is 0 Å². The smallest absolute Gasteiger partial charge is 0.223 e. The second-order valence-corrected chi connectivity index (χ2v) is 24.5. The predicted octanol–water partition coefficient (Wildman–Crippen LogP) is -5.41. The van der Waals surface area contributed by atoms with E-state index in [1.165, 1.54) is 6.92 Å². The van der Waals surface area contributed by atoms with E-state index in [0.717, 1.165) is 0 Å².